The molecule has 1 aromatic rings. The van der Waals surface area contributed by atoms with Gasteiger partial charge >= 0.3 is 0 Å². The third kappa shape index (κ3) is 2.68. The fourth-order valence-electron chi connectivity index (χ4n) is 2.76. The van der Waals surface area contributed by atoms with E-state index in [1.165, 1.54) is 19.4 Å². The van der Waals surface area contributed by atoms with Crippen molar-refractivity contribution in [3.63, 3.8) is 0 Å². The first-order valence-electron chi connectivity index (χ1n) is 6.46. The van der Waals surface area contributed by atoms with Crippen LogP contribution in [-0.4, -0.2) is 53.3 Å². The fraction of sp³-hybridized carbons (Fsp3) is 0.750. The number of rotatable bonds is 4. The third-order valence-corrected chi connectivity index (χ3v) is 3.68. The van der Waals surface area contributed by atoms with Gasteiger partial charge in [-0.2, -0.15) is 0 Å². The Labute approximate surface area is 102 Å². The molecule has 0 radical (unpaired) electrons. The van der Waals surface area contributed by atoms with Gasteiger partial charge in [-0.1, -0.05) is 0 Å². The van der Waals surface area contributed by atoms with Gasteiger partial charge in [0.05, 0.1) is 19.3 Å². The Balaban J connectivity index is 1.40. The van der Waals surface area contributed by atoms with E-state index in [1.807, 2.05) is 6.20 Å². The van der Waals surface area contributed by atoms with Crippen molar-refractivity contribution < 1.29 is 4.74 Å². The highest BCUT2D eigenvalue weighted by atomic mass is 16.5. The van der Waals surface area contributed by atoms with E-state index in [2.05, 4.69) is 20.2 Å². The minimum absolute atomic E-state index is 0.333. The van der Waals surface area contributed by atoms with Gasteiger partial charge in [-0.05, 0) is 19.4 Å². The Hall–Kier alpha value is -0.910. The summed E-state index contributed by atoms with van der Waals surface area (Å²) in [6.45, 7) is 4.94. The van der Waals surface area contributed by atoms with Gasteiger partial charge in [0, 0.05) is 31.5 Å². The van der Waals surface area contributed by atoms with Crippen molar-refractivity contribution in [3.05, 3.63) is 18.2 Å². The lowest BCUT2D eigenvalue weighted by molar-refractivity contribution is -0.0470. The van der Waals surface area contributed by atoms with Crippen molar-refractivity contribution in [2.75, 3.05) is 26.2 Å². The van der Waals surface area contributed by atoms with Gasteiger partial charge in [0.15, 0.2) is 0 Å². The molecule has 0 aliphatic carbocycles. The van der Waals surface area contributed by atoms with E-state index in [9.17, 15) is 0 Å². The molecular weight excluding hydrogens is 216 g/mol. The first kappa shape index (κ1) is 11.2. The van der Waals surface area contributed by atoms with Crippen LogP contribution in [-0.2, 0) is 11.3 Å². The number of H-pyrrole nitrogens is 1. The van der Waals surface area contributed by atoms with Gasteiger partial charge in [-0.15, -0.1) is 0 Å². The lowest BCUT2D eigenvalue weighted by atomic mass is 10.2. The van der Waals surface area contributed by atoms with Crippen LogP contribution in [0.2, 0.25) is 0 Å². The zero-order valence-corrected chi connectivity index (χ0v) is 10.1. The quantitative estimate of drug-likeness (QED) is 0.792. The number of imidazole rings is 1. The summed E-state index contributed by atoms with van der Waals surface area (Å²) >= 11 is 0. The largest absolute Gasteiger partial charge is 0.374 e. The summed E-state index contributed by atoms with van der Waals surface area (Å²) < 4.78 is 5.88. The average Bonchev–Trinajstić information content (AvgIpc) is 2.98. The highest BCUT2D eigenvalue weighted by Crippen LogP contribution is 2.22. The van der Waals surface area contributed by atoms with Crippen LogP contribution in [0, 0.1) is 0 Å². The summed E-state index contributed by atoms with van der Waals surface area (Å²) in [6, 6.07) is 0.691. The fourth-order valence-corrected chi connectivity index (χ4v) is 2.76. The molecule has 2 unspecified atom stereocenters. The summed E-state index contributed by atoms with van der Waals surface area (Å²) in [7, 11) is 0. The Kier molecular flexibility index (Phi) is 3.40. The van der Waals surface area contributed by atoms with E-state index >= 15 is 0 Å². The van der Waals surface area contributed by atoms with Crippen LogP contribution in [0.15, 0.2) is 12.4 Å². The van der Waals surface area contributed by atoms with Gasteiger partial charge in [0.1, 0.15) is 5.82 Å². The van der Waals surface area contributed by atoms with Crippen LogP contribution in [0.4, 0.5) is 0 Å². The van der Waals surface area contributed by atoms with Crippen LogP contribution in [0.1, 0.15) is 18.7 Å². The maximum atomic E-state index is 5.88. The van der Waals surface area contributed by atoms with Crippen LogP contribution in [0.25, 0.3) is 0 Å². The van der Waals surface area contributed by atoms with Gasteiger partial charge in [0.25, 0.3) is 0 Å². The predicted molar refractivity (Wildman–Crippen MR) is 64.6 cm³/mol. The van der Waals surface area contributed by atoms with Crippen molar-refractivity contribution in [2.45, 2.75) is 31.5 Å². The summed E-state index contributed by atoms with van der Waals surface area (Å²) in [4.78, 5) is 9.84. The number of aromatic nitrogens is 2. The molecule has 2 saturated heterocycles. The third-order valence-electron chi connectivity index (χ3n) is 3.68. The Morgan fingerprint density at radius 2 is 2.59 bits per heavy atom. The lowest BCUT2D eigenvalue weighted by Crippen LogP contribution is -2.49. The van der Waals surface area contributed by atoms with E-state index in [4.69, 9.17) is 4.74 Å². The molecular formula is C12H20N4O. The van der Waals surface area contributed by atoms with Crippen molar-refractivity contribution in [3.8, 4) is 0 Å². The molecule has 2 atom stereocenters. The molecule has 0 aromatic carbocycles. The van der Waals surface area contributed by atoms with Gasteiger partial charge in [-0.25, -0.2) is 4.98 Å². The van der Waals surface area contributed by atoms with Crippen molar-refractivity contribution >= 4 is 0 Å². The number of morpholine rings is 1. The molecule has 94 valence electrons. The molecule has 0 saturated carbocycles. The second-order valence-corrected chi connectivity index (χ2v) is 4.91. The topological polar surface area (TPSA) is 53.2 Å². The van der Waals surface area contributed by atoms with Crippen LogP contribution < -0.4 is 5.32 Å². The number of hydrogen-bond acceptors (Lipinski definition) is 4. The van der Waals surface area contributed by atoms with Gasteiger partial charge < -0.3 is 15.0 Å². The summed E-state index contributed by atoms with van der Waals surface area (Å²) in [5.74, 6) is 0.986. The maximum Gasteiger partial charge on any atom is 0.120 e. The first-order chi connectivity index (χ1) is 8.42. The highest BCUT2D eigenvalue weighted by Gasteiger charge is 2.31. The van der Waals surface area contributed by atoms with E-state index < -0.39 is 0 Å². The van der Waals surface area contributed by atoms with Crippen molar-refractivity contribution in [1.29, 1.82) is 0 Å². The smallest absolute Gasteiger partial charge is 0.120 e. The standard InChI is InChI=1S/C12H20N4O/c1-2-10-9-17-11(8-16(10)5-1)6-13-7-12-14-3-4-15-12/h3-4,10-11,13H,1-2,5-9H2,(H,14,15). The SMILES string of the molecule is c1c[nH]c(CNCC2CN3CCCC3CO2)n1. The molecule has 0 amide bonds. The molecule has 5 heteroatoms. The van der Waals surface area contributed by atoms with E-state index in [0.29, 0.717) is 12.1 Å². The van der Waals surface area contributed by atoms with Crippen molar-refractivity contribution in [2.24, 2.45) is 0 Å². The molecule has 2 aliphatic rings. The summed E-state index contributed by atoms with van der Waals surface area (Å²) in [6.07, 6.45) is 6.61. The second kappa shape index (κ2) is 5.16. The Morgan fingerprint density at radius 3 is 3.47 bits per heavy atom. The Morgan fingerprint density at radius 1 is 1.59 bits per heavy atom. The minimum Gasteiger partial charge on any atom is -0.374 e. The molecule has 17 heavy (non-hydrogen) atoms. The van der Waals surface area contributed by atoms with Crippen LogP contribution in [0.3, 0.4) is 0 Å². The number of fused-ring (bicyclic) bond motifs is 1. The molecule has 3 rings (SSSR count). The average molecular weight is 236 g/mol. The highest BCUT2D eigenvalue weighted by molar-refractivity contribution is 4.88. The van der Waals surface area contributed by atoms with Gasteiger partial charge in [-0.3, -0.25) is 4.90 Å². The molecule has 0 spiro atoms. The normalized spacial score (nSPS) is 29.4. The zero-order valence-electron chi connectivity index (χ0n) is 10.1. The molecule has 1 aromatic heterocycles. The van der Waals surface area contributed by atoms with E-state index in [-0.39, 0.29) is 0 Å². The zero-order chi connectivity index (χ0) is 11.5. The van der Waals surface area contributed by atoms with E-state index in [0.717, 1.165) is 32.1 Å². The van der Waals surface area contributed by atoms with Crippen molar-refractivity contribution in [1.82, 2.24) is 20.2 Å². The summed E-state index contributed by atoms with van der Waals surface area (Å²) in [5, 5.41) is 3.39. The molecule has 2 fully saturated rings. The number of hydrogen-bond donors (Lipinski definition) is 2. The van der Waals surface area contributed by atoms with Crippen LogP contribution in [0.5, 0.6) is 0 Å². The Bertz CT molecular complexity index is 340. The first-order valence-corrected chi connectivity index (χ1v) is 6.46. The van der Waals surface area contributed by atoms with E-state index in [1.54, 1.807) is 6.20 Å². The van der Waals surface area contributed by atoms with Gasteiger partial charge in [0.2, 0.25) is 0 Å². The van der Waals surface area contributed by atoms with Crippen LogP contribution >= 0.6 is 0 Å². The molecule has 5 nitrogen and oxygen atoms in total. The summed E-state index contributed by atoms with van der Waals surface area (Å²) in [5.41, 5.74) is 0. The second-order valence-electron chi connectivity index (χ2n) is 4.91. The monoisotopic (exact) mass is 236 g/mol. The number of ether oxygens (including phenoxy) is 1. The minimum atomic E-state index is 0.333. The molecule has 3 heterocycles. The predicted octanol–water partition coefficient (Wildman–Crippen LogP) is 0.362. The number of aromatic amines is 1. The lowest BCUT2D eigenvalue weighted by Gasteiger charge is -2.35. The maximum absolute atomic E-state index is 5.88. The molecule has 2 aliphatic heterocycles. The molecule has 2 N–H and O–H groups in total. The number of nitrogens with zero attached hydrogens (tertiary/aromatic N) is 2. The molecule has 0 bridgehead atoms. The number of nitrogens with one attached hydrogen (secondary N) is 2.